The van der Waals surface area contributed by atoms with Crippen LogP contribution in [0.15, 0.2) is 46.8 Å². The van der Waals surface area contributed by atoms with Gasteiger partial charge < -0.3 is 0 Å². The molecule has 26 heavy (non-hydrogen) atoms. The molecule has 2 N–H and O–H groups in total. The van der Waals surface area contributed by atoms with Gasteiger partial charge in [-0.15, -0.1) is 11.3 Å². The lowest BCUT2D eigenvalue weighted by Crippen LogP contribution is -2.42. The molecule has 0 aliphatic carbocycles. The first-order valence-corrected chi connectivity index (χ1v) is 9.03. The molecular weight excluding hydrogens is 376 g/mol. The van der Waals surface area contributed by atoms with Crippen LogP contribution in [0.2, 0.25) is 5.02 Å². The number of hydrazine groups is 1. The molecular formula is C17H15ClN4O3S. The number of thiophene rings is 1. The van der Waals surface area contributed by atoms with E-state index < -0.39 is 5.91 Å². The minimum atomic E-state index is -0.397. The zero-order valence-electron chi connectivity index (χ0n) is 13.6. The summed E-state index contributed by atoms with van der Waals surface area (Å²) in [5.41, 5.74) is 5.28. The Balaban J connectivity index is 1.47. The Morgan fingerprint density at radius 3 is 2.62 bits per heavy atom. The molecule has 0 unspecified atom stereocenters. The number of fused-ring (bicyclic) bond motifs is 1. The van der Waals surface area contributed by atoms with E-state index in [9.17, 15) is 14.4 Å². The van der Waals surface area contributed by atoms with Crippen molar-refractivity contribution in [2.24, 2.45) is 0 Å². The first-order valence-electron chi connectivity index (χ1n) is 7.78. The van der Waals surface area contributed by atoms with Gasteiger partial charge in [-0.2, -0.15) is 0 Å². The van der Waals surface area contributed by atoms with E-state index in [1.807, 2.05) is 0 Å². The van der Waals surface area contributed by atoms with Crippen molar-refractivity contribution >= 4 is 45.0 Å². The second-order valence-electron chi connectivity index (χ2n) is 5.53. The molecule has 0 saturated carbocycles. The molecule has 134 valence electrons. The van der Waals surface area contributed by atoms with Crippen molar-refractivity contribution in [3.63, 3.8) is 0 Å². The topological polar surface area (TPSA) is 93.1 Å². The predicted molar refractivity (Wildman–Crippen MR) is 99.9 cm³/mol. The van der Waals surface area contributed by atoms with E-state index in [1.165, 1.54) is 22.2 Å². The van der Waals surface area contributed by atoms with Crippen molar-refractivity contribution in [2.45, 2.75) is 19.4 Å². The van der Waals surface area contributed by atoms with Crippen molar-refractivity contribution in [1.82, 2.24) is 20.4 Å². The highest BCUT2D eigenvalue weighted by Gasteiger charge is 2.09. The molecule has 0 atom stereocenters. The van der Waals surface area contributed by atoms with E-state index in [1.54, 1.807) is 35.7 Å². The van der Waals surface area contributed by atoms with Crippen molar-refractivity contribution in [3.05, 3.63) is 63.0 Å². The number of carbonyl (C=O) groups excluding carboxylic acids is 2. The Morgan fingerprint density at radius 2 is 1.85 bits per heavy atom. The molecule has 0 saturated heterocycles. The van der Waals surface area contributed by atoms with Crippen molar-refractivity contribution in [2.75, 3.05) is 0 Å². The number of aromatic nitrogens is 2. The van der Waals surface area contributed by atoms with Gasteiger partial charge in [0, 0.05) is 18.0 Å². The largest absolute Gasteiger partial charge is 0.298 e. The fraction of sp³-hybridized carbons (Fsp3) is 0.176. The molecule has 0 radical (unpaired) electrons. The minimum absolute atomic E-state index is 0.0401. The van der Waals surface area contributed by atoms with Gasteiger partial charge in [0.25, 0.3) is 5.56 Å². The summed E-state index contributed by atoms with van der Waals surface area (Å²) >= 11 is 7.18. The van der Waals surface area contributed by atoms with Crippen LogP contribution in [-0.2, 0) is 22.6 Å². The number of nitrogens with zero attached hydrogens (tertiary/aromatic N) is 2. The second-order valence-corrected chi connectivity index (χ2v) is 6.86. The third-order valence-corrected chi connectivity index (χ3v) is 4.72. The molecule has 2 heterocycles. The maximum atomic E-state index is 12.2. The van der Waals surface area contributed by atoms with Crippen LogP contribution in [0, 0.1) is 0 Å². The van der Waals surface area contributed by atoms with E-state index in [-0.39, 0.29) is 30.9 Å². The molecule has 0 spiro atoms. The highest BCUT2D eigenvalue weighted by atomic mass is 35.5. The van der Waals surface area contributed by atoms with Gasteiger partial charge in [-0.3, -0.25) is 29.8 Å². The van der Waals surface area contributed by atoms with Crippen LogP contribution >= 0.6 is 22.9 Å². The highest BCUT2D eigenvalue weighted by Crippen LogP contribution is 2.13. The lowest BCUT2D eigenvalue weighted by atomic mass is 10.1. The zero-order valence-corrected chi connectivity index (χ0v) is 15.1. The summed E-state index contributed by atoms with van der Waals surface area (Å²) < 4.78 is 1.38. The Hall–Kier alpha value is -2.71. The molecule has 0 fully saturated rings. The second kappa shape index (κ2) is 8.11. The van der Waals surface area contributed by atoms with Gasteiger partial charge >= 0.3 is 0 Å². The van der Waals surface area contributed by atoms with Crippen LogP contribution in [0.3, 0.4) is 0 Å². The predicted octanol–water partition coefficient (Wildman–Crippen LogP) is 1.89. The van der Waals surface area contributed by atoms with Crippen molar-refractivity contribution < 1.29 is 9.59 Å². The molecule has 7 nitrogen and oxygen atoms in total. The average Bonchev–Trinajstić information content (AvgIpc) is 3.11. The maximum absolute atomic E-state index is 12.2. The fourth-order valence-electron chi connectivity index (χ4n) is 2.31. The summed E-state index contributed by atoms with van der Waals surface area (Å²) in [5.74, 6) is -0.744. The van der Waals surface area contributed by atoms with Crippen molar-refractivity contribution in [3.8, 4) is 0 Å². The normalized spacial score (nSPS) is 10.7. The van der Waals surface area contributed by atoms with Crippen LogP contribution in [0.25, 0.3) is 10.2 Å². The number of hydrogen-bond acceptors (Lipinski definition) is 5. The number of aryl methyl sites for hydroxylation is 1. The smallest absolute Gasteiger partial charge is 0.262 e. The summed E-state index contributed by atoms with van der Waals surface area (Å²) in [4.78, 5) is 40.8. The van der Waals surface area contributed by atoms with Crippen LogP contribution in [-0.4, -0.2) is 21.4 Å². The molecule has 0 aliphatic rings. The molecule has 2 amide bonds. The lowest BCUT2D eigenvalue weighted by Gasteiger charge is -2.08. The Morgan fingerprint density at radius 1 is 1.12 bits per heavy atom. The number of amides is 2. The van der Waals surface area contributed by atoms with Crippen molar-refractivity contribution in [1.29, 1.82) is 0 Å². The monoisotopic (exact) mass is 390 g/mol. The standard InChI is InChI=1S/C17H15ClN4O3S/c18-12-3-1-11(2-4-12)9-15(24)21-20-14(23)5-7-22-10-19-16-13(17(22)25)6-8-26-16/h1-4,6,8,10H,5,7,9H2,(H,20,23)(H,21,24). The van der Waals surface area contributed by atoms with E-state index in [2.05, 4.69) is 15.8 Å². The van der Waals surface area contributed by atoms with Gasteiger partial charge in [-0.1, -0.05) is 23.7 Å². The maximum Gasteiger partial charge on any atom is 0.262 e. The highest BCUT2D eigenvalue weighted by molar-refractivity contribution is 7.16. The molecule has 0 bridgehead atoms. The van der Waals surface area contributed by atoms with Gasteiger partial charge in [0.1, 0.15) is 4.83 Å². The summed E-state index contributed by atoms with van der Waals surface area (Å²) in [6.45, 7) is 0.177. The molecule has 0 aliphatic heterocycles. The average molecular weight is 391 g/mol. The van der Waals surface area contributed by atoms with Gasteiger partial charge in [-0.25, -0.2) is 4.98 Å². The Kier molecular flexibility index (Phi) is 5.65. The number of rotatable bonds is 5. The zero-order chi connectivity index (χ0) is 18.5. The van der Waals surface area contributed by atoms with Gasteiger partial charge in [-0.05, 0) is 29.1 Å². The van der Waals surface area contributed by atoms with Gasteiger partial charge in [0.15, 0.2) is 0 Å². The number of benzene rings is 1. The lowest BCUT2D eigenvalue weighted by molar-refractivity contribution is -0.128. The summed E-state index contributed by atoms with van der Waals surface area (Å²) in [6.07, 6.45) is 1.58. The number of carbonyl (C=O) groups is 2. The SMILES string of the molecule is O=C(CCn1cnc2sccc2c1=O)NNC(=O)Cc1ccc(Cl)cc1. The summed E-state index contributed by atoms with van der Waals surface area (Å²) in [5, 5.41) is 2.92. The molecule has 2 aromatic heterocycles. The number of nitrogens with one attached hydrogen (secondary N) is 2. The Labute approximate surface area is 157 Å². The first-order chi connectivity index (χ1) is 12.5. The van der Waals surface area contributed by atoms with Gasteiger partial charge in [0.05, 0.1) is 18.1 Å². The number of halogens is 1. The van der Waals surface area contributed by atoms with E-state index in [0.29, 0.717) is 15.2 Å². The molecule has 1 aromatic carbocycles. The Bertz CT molecular complexity index is 997. The van der Waals surface area contributed by atoms with Crippen LogP contribution in [0.1, 0.15) is 12.0 Å². The third-order valence-electron chi connectivity index (χ3n) is 3.65. The molecule has 3 aromatic rings. The van der Waals surface area contributed by atoms with E-state index >= 15 is 0 Å². The van der Waals surface area contributed by atoms with Crippen LogP contribution < -0.4 is 16.4 Å². The molecule has 3 rings (SSSR count). The van der Waals surface area contributed by atoms with E-state index in [4.69, 9.17) is 11.6 Å². The summed E-state index contributed by atoms with van der Waals surface area (Å²) in [7, 11) is 0. The number of hydrogen-bond donors (Lipinski definition) is 2. The quantitative estimate of drug-likeness (QED) is 0.650. The van der Waals surface area contributed by atoms with E-state index in [0.717, 1.165) is 5.56 Å². The third kappa shape index (κ3) is 4.47. The molecule has 9 heteroatoms. The first kappa shape index (κ1) is 18.1. The van der Waals surface area contributed by atoms with Crippen LogP contribution in [0.4, 0.5) is 0 Å². The van der Waals surface area contributed by atoms with Gasteiger partial charge in [0.2, 0.25) is 11.8 Å². The fourth-order valence-corrected chi connectivity index (χ4v) is 3.16. The minimum Gasteiger partial charge on any atom is -0.298 e. The van der Waals surface area contributed by atoms with Crippen LogP contribution in [0.5, 0.6) is 0 Å². The summed E-state index contributed by atoms with van der Waals surface area (Å²) in [6, 6.07) is 8.58.